The molecule has 0 radical (unpaired) electrons. The van der Waals surface area contributed by atoms with Crippen LogP contribution in [0, 0.1) is 6.92 Å². The molecule has 1 heterocycles. The second-order valence-electron chi connectivity index (χ2n) is 5.07. The van der Waals surface area contributed by atoms with E-state index >= 15 is 0 Å². The molecule has 0 saturated heterocycles. The summed E-state index contributed by atoms with van der Waals surface area (Å²) in [5.41, 5.74) is 3.81. The lowest BCUT2D eigenvalue weighted by Crippen LogP contribution is -2.17. The number of H-pyrrole nitrogens is 1. The molecule has 0 aliphatic carbocycles. The lowest BCUT2D eigenvalue weighted by molar-refractivity contribution is -0.274. The Labute approximate surface area is 124 Å². The Morgan fingerprint density at radius 3 is 2.50 bits per heavy atom. The molecule has 0 aliphatic rings. The molecule has 0 aliphatic heterocycles. The van der Waals surface area contributed by atoms with Gasteiger partial charge in [-0.15, -0.1) is 13.2 Å². The summed E-state index contributed by atoms with van der Waals surface area (Å²) in [7, 11) is 0. The van der Waals surface area contributed by atoms with Crippen molar-refractivity contribution in [3.8, 4) is 5.75 Å². The summed E-state index contributed by atoms with van der Waals surface area (Å²) in [6.45, 7) is 2.00. The van der Waals surface area contributed by atoms with Crippen molar-refractivity contribution >= 4 is 11.0 Å². The number of aromatic nitrogens is 2. The van der Waals surface area contributed by atoms with E-state index in [2.05, 4.69) is 14.7 Å². The smallest absolute Gasteiger partial charge is 0.406 e. The molecule has 0 amide bonds. The van der Waals surface area contributed by atoms with Crippen molar-refractivity contribution in [2.45, 2.75) is 19.7 Å². The summed E-state index contributed by atoms with van der Waals surface area (Å²) >= 11 is 0. The van der Waals surface area contributed by atoms with E-state index in [1.807, 2.05) is 25.1 Å². The highest BCUT2D eigenvalue weighted by molar-refractivity contribution is 5.75. The van der Waals surface area contributed by atoms with Gasteiger partial charge in [0.25, 0.3) is 0 Å². The quantitative estimate of drug-likeness (QED) is 0.780. The predicted molar refractivity (Wildman–Crippen MR) is 76.8 cm³/mol. The summed E-state index contributed by atoms with van der Waals surface area (Å²) in [6, 6.07) is 11.7. The van der Waals surface area contributed by atoms with Crippen LogP contribution in [0.4, 0.5) is 13.2 Å². The molecular weight excluding hydrogens is 293 g/mol. The summed E-state index contributed by atoms with van der Waals surface area (Å²) in [5.74, 6) is 0.543. The Kier molecular flexibility index (Phi) is 3.52. The van der Waals surface area contributed by atoms with Crippen molar-refractivity contribution < 1.29 is 17.9 Å². The van der Waals surface area contributed by atoms with E-state index in [9.17, 15) is 13.2 Å². The minimum absolute atomic E-state index is 0.225. The topological polar surface area (TPSA) is 37.9 Å². The second kappa shape index (κ2) is 5.36. The van der Waals surface area contributed by atoms with Crippen LogP contribution in [0.15, 0.2) is 42.5 Å². The number of nitrogens with zero attached hydrogens (tertiary/aromatic N) is 1. The van der Waals surface area contributed by atoms with Crippen LogP contribution in [-0.2, 0) is 6.42 Å². The molecule has 114 valence electrons. The first-order chi connectivity index (χ1) is 10.4. The third kappa shape index (κ3) is 3.39. The predicted octanol–water partition coefficient (Wildman–Crippen LogP) is 4.36. The summed E-state index contributed by atoms with van der Waals surface area (Å²) < 4.78 is 40.2. The van der Waals surface area contributed by atoms with Crippen LogP contribution < -0.4 is 4.74 Å². The summed E-state index contributed by atoms with van der Waals surface area (Å²) in [6.07, 6.45) is -4.15. The fourth-order valence-corrected chi connectivity index (χ4v) is 2.26. The lowest BCUT2D eigenvalue weighted by Gasteiger charge is -2.08. The highest BCUT2D eigenvalue weighted by atomic mass is 19.4. The van der Waals surface area contributed by atoms with Gasteiger partial charge in [0.15, 0.2) is 0 Å². The average molecular weight is 306 g/mol. The summed E-state index contributed by atoms with van der Waals surface area (Å²) in [5, 5.41) is 0. The Morgan fingerprint density at radius 1 is 1.09 bits per heavy atom. The molecule has 1 aromatic heterocycles. The number of hydrogen-bond donors (Lipinski definition) is 1. The van der Waals surface area contributed by atoms with Crippen molar-refractivity contribution in [2.75, 3.05) is 0 Å². The number of benzene rings is 2. The normalized spacial score (nSPS) is 11.8. The fraction of sp³-hybridized carbons (Fsp3) is 0.188. The van der Waals surface area contributed by atoms with Crippen LogP contribution in [0.1, 0.15) is 17.0 Å². The van der Waals surface area contributed by atoms with E-state index in [0.29, 0.717) is 6.42 Å². The zero-order valence-corrected chi connectivity index (χ0v) is 11.7. The largest absolute Gasteiger partial charge is 0.573 e. The maximum absolute atomic E-state index is 12.1. The number of rotatable bonds is 3. The molecule has 0 spiro atoms. The minimum atomic E-state index is -4.67. The molecule has 3 rings (SSSR count). The molecule has 0 saturated carbocycles. The van der Waals surface area contributed by atoms with Gasteiger partial charge in [-0.1, -0.05) is 18.2 Å². The van der Waals surface area contributed by atoms with Gasteiger partial charge in [-0.25, -0.2) is 4.98 Å². The number of imidazole rings is 1. The van der Waals surface area contributed by atoms with Crippen LogP contribution >= 0.6 is 0 Å². The maximum Gasteiger partial charge on any atom is 0.573 e. The van der Waals surface area contributed by atoms with Gasteiger partial charge in [-0.3, -0.25) is 0 Å². The SMILES string of the molecule is Cc1ccc2nc(Cc3ccc(OC(F)(F)F)cc3)[nH]c2c1. The van der Waals surface area contributed by atoms with Crippen LogP contribution in [0.3, 0.4) is 0 Å². The number of fused-ring (bicyclic) bond motifs is 1. The van der Waals surface area contributed by atoms with E-state index < -0.39 is 6.36 Å². The molecule has 6 heteroatoms. The van der Waals surface area contributed by atoms with Gasteiger partial charge in [-0.05, 0) is 42.3 Å². The lowest BCUT2D eigenvalue weighted by atomic mass is 10.1. The van der Waals surface area contributed by atoms with Crippen molar-refractivity contribution in [3.63, 3.8) is 0 Å². The van der Waals surface area contributed by atoms with Crippen LogP contribution in [0.2, 0.25) is 0 Å². The molecular formula is C16H13F3N2O. The zero-order valence-electron chi connectivity index (χ0n) is 11.7. The Morgan fingerprint density at radius 2 is 1.82 bits per heavy atom. The third-order valence-corrected chi connectivity index (χ3v) is 3.21. The average Bonchev–Trinajstić information content (AvgIpc) is 2.80. The van der Waals surface area contributed by atoms with Crippen molar-refractivity contribution in [2.24, 2.45) is 0 Å². The van der Waals surface area contributed by atoms with Crippen molar-refractivity contribution in [3.05, 3.63) is 59.4 Å². The third-order valence-electron chi connectivity index (χ3n) is 3.21. The summed E-state index contributed by atoms with van der Waals surface area (Å²) in [4.78, 5) is 7.68. The van der Waals surface area contributed by atoms with Crippen molar-refractivity contribution in [1.82, 2.24) is 9.97 Å². The Hall–Kier alpha value is -2.50. The minimum Gasteiger partial charge on any atom is -0.406 e. The number of aryl methyl sites for hydroxylation is 1. The molecule has 22 heavy (non-hydrogen) atoms. The van der Waals surface area contributed by atoms with Gasteiger partial charge in [-0.2, -0.15) is 0 Å². The Bertz CT molecular complexity index is 791. The highest BCUT2D eigenvalue weighted by Crippen LogP contribution is 2.23. The maximum atomic E-state index is 12.1. The molecule has 2 aromatic carbocycles. The first-order valence-electron chi connectivity index (χ1n) is 6.69. The van der Waals surface area contributed by atoms with Gasteiger partial charge >= 0.3 is 6.36 Å². The van der Waals surface area contributed by atoms with Crippen molar-refractivity contribution in [1.29, 1.82) is 0 Å². The fourth-order valence-electron chi connectivity index (χ4n) is 2.26. The zero-order chi connectivity index (χ0) is 15.7. The molecule has 1 N–H and O–H groups in total. The van der Waals surface area contributed by atoms with Gasteiger partial charge < -0.3 is 9.72 Å². The number of aromatic amines is 1. The number of nitrogens with one attached hydrogen (secondary N) is 1. The standard InChI is InChI=1S/C16H13F3N2O/c1-10-2-7-13-14(8-10)21-15(20-13)9-11-3-5-12(6-4-11)22-16(17,18)19/h2-8H,9H2,1H3,(H,20,21). The van der Waals surface area contributed by atoms with E-state index in [4.69, 9.17) is 0 Å². The van der Waals surface area contributed by atoms with Crippen LogP contribution in [0.5, 0.6) is 5.75 Å². The Balaban J connectivity index is 1.77. The number of alkyl halides is 3. The monoisotopic (exact) mass is 306 g/mol. The van der Waals surface area contributed by atoms with Crippen LogP contribution in [-0.4, -0.2) is 16.3 Å². The molecule has 0 bridgehead atoms. The van der Waals surface area contributed by atoms with Gasteiger partial charge in [0.05, 0.1) is 11.0 Å². The molecule has 0 fully saturated rings. The van der Waals surface area contributed by atoms with Crippen LogP contribution in [0.25, 0.3) is 11.0 Å². The van der Waals surface area contributed by atoms with E-state index in [1.165, 1.54) is 12.1 Å². The first-order valence-corrected chi connectivity index (χ1v) is 6.69. The van der Waals surface area contributed by atoms with Gasteiger partial charge in [0.2, 0.25) is 0 Å². The van der Waals surface area contributed by atoms with Gasteiger partial charge in [0, 0.05) is 6.42 Å². The highest BCUT2D eigenvalue weighted by Gasteiger charge is 2.30. The molecule has 3 aromatic rings. The van der Waals surface area contributed by atoms with E-state index in [-0.39, 0.29) is 5.75 Å². The molecule has 0 unspecified atom stereocenters. The second-order valence-corrected chi connectivity index (χ2v) is 5.07. The number of ether oxygens (including phenoxy) is 1. The number of hydrogen-bond acceptors (Lipinski definition) is 2. The number of halogens is 3. The van der Waals surface area contributed by atoms with Gasteiger partial charge in [0.1, 0.15) is 11.6 Å². The molecule has 3 nitrogen and oxygen atoms in total. The van der Waals surface area contributed by atoms with E-state index in [0.717, 1.165) is 28.0 Å². The first kappa shape index (κ1) is 14.4. The molecule has 0 atom stereocenters. The van der Waals surface area contributed by atoms with E-state index in [1.54, 1.807) is 12.1 Å².